The van der Waals surface area contributed by atoms with E-state index in [1.54, 1.807) is 0 Å². The Morgan fingerprint density at radius 2 is 2.00 bits per heavy atom. The first-order valence-corrected chi connectivity index (χ1v) is 7.94. The van der Waals surface area contributed by atoms with E-state index >= 15 is 0 Å². The SMILES string of the molecule is CCN1CCC(NC2CCCSC2C)CC1. The minimum absolute atomic E-state index is 0.775. The molecule has 2 heterocycles. The van der Waals surface area contributed by atoms with Crippen LogP contribution in [0.5, 0.6) is 0 Å². The Hall–Kier alpha value is 0.270. The normalized spacial score (nSPS) is 34.1. The van der Waals surface area contributed by atoms with Crippen molar-refractivity contribution in [3.63, 3.8) is 0 Å². The molecule has 16 heavy (non-hydrogen) atoms. The zero-order valence-electron chi connectivity index (χ0n) is 10.7. The van der Waals surface area contributed by atoms with Gasteiger partial charge in [-0.2, -0.15) is 11.8 Å². The molecule has 0 saturated carbocycles. The van der Waals surface area contributed by atoms with E-state index in [-0.39, 0.29) is 0 Å². The van der Waals surface area contributed by atoms with Crippen molar-refractivity contribution in [1.82, 2.24) is 10.2 Å². The number of nitrogens with zero attached hydrogens (tertiary/aromatic N) is 1. The third-order valence-corrected chi connectivity index (χ3v) is 5.47. The number of thioether (sulfide) groups is 1. The molecular formula is C13H26N2S. The zero-order valence-corrected chi connectivity index (χ0v) is 11.6. The smallest absolute Gasteiger partial charge is 0.0186 e. The lowest BCUT2D eigenvalue weighted by atomic mass is 10.0. The van der Waals surface area contributed by atoms with Gasteiger partial charge in [-0.05, 0) is 51.1 Å². The second-order valence-corrected chi connectivity index (χ2v) is 6.68. The molecule has 0 amide bonds. The van der Waals surface area contributed by atoms with Crippen LogP contribution < -0.4 is 5.32 Å². The van der Waals surface area contributed by atoms with Crippen LogP contribution in [0.3, 0.4) is 0 Å². The predicted molar refractivity (Wildman–Crippen MR) is 73.2 cm³/mol. The van der Waals surface area contributed by atoms with Gasteiger partial charge >= 0.3 is 0 Å². The Balaban J connectivity index is 1.73. The molecule has 1 N–H and O–H groups in total. The molecule has 0 aromatic rings. The van der Waals surface area contributed by atoms with Gasteiger partial charge in [-0.25, -0.2) is 0 Å². The Kier molecular flexibility index (Phi) is 4.98. The van der Waals surface area contributed by atoms with Crippen molar-refractivity contribution in [1.29, 1.82) is 0 Å². The van der Waals surface area contributed by atoms with Gasteiger partial charge in [-0.1, -0.05) is 13.8 Å². The fourth-order valence-electron chi connectivity index (χ4n) is 2.86. The maximum atomic E-state index is 3.90. The Labute approximate surface area is 105 Å². The second-order valence-electron chi connectivity index (χ2n) is 5.20. The van der Waals surface area contributed by atoms with Crippen molar-refractivity contribution in [3.8, 4) is 0 Å². The van der Waals surface area contributed by atoms with Crippen molar-refractivity contribution in [2.24, 2.45) is 0 Å². The van der Waals surface area contributed by atoms with E-state index in [0.717, 1.165) is 17.3 Å². The fourth-order valence-corrected chi connectivity index (χ4v) is 4.01. The van der Waals surface area contributed by atoms with Gasteiger partial charge in [0, 0.05) is 17.3 Å². The van der Waals surface area contributed by atoms with Crippen LogP contribution in [0.25, 0.3) is 0 Å². The van der Waals surface area contributed by atoms with E-state index in [0.29, 0.717) is 0 Å². The summed E-state index contributed by atoms with van der Waals surface area (Å²) in [5, 5.41) is 4.72. The van der Waals surface area contributed by atoms with E-state index in [4.69, 9.17) is 0 Å². The van der Waals surface area contributed by atoms with Crippen molar-refractivity contribution >= 4 is 11.8 Å². The van der Waals surface area contributed by atoms with Crippen molar-refractivity contribution in [3.05, 3.63) is 0 Å². The first-order valence-electron chi connectivity index (χ1n) is 6.89. The van der Waals surface area contributed by atoms with Gasteiger partial charge in [0.1, 0.15) is 0 Å². The van der Waals surface area contributed by atoms with Gasteiger partial charge in [0.15, 0.2) is 0 Å². The van der Waals surface area contributed by atoms with Gasteiger partial charge in [-0.15, -0.1) is 0 Å². The summed E-state index contributed by atoms with van der Waals surface area (Å²) in [5.41, 5.74) is 0. The molecule has 2 saturated heterocycles. The average molecular weight is 242 g/mol. The van der Waals surface area contributed by atoms with Gasteiger partial charge in [0.25, 0.3) is 0 Å². The van der Waals surface area contributed by atoms with Gasteiger partial charge in [0.05, 0.1) is 0 Å². The van der Waals surface area contributed by atoms with Crippen molar-refractivity contribution in [2.75, 3.05) is 25.4 Å². The summed E-state index contributed by atoms with van der Waals surface area (Å²) in [4.78, 5) is 2.57. The number of piperidine rings is 1. The molecule has 2 fully saturated rings. The zero-order chi connectivity index (χ0) is 11.4. The van der Waals surface area contributed by atoms with Crippen molar-refractivity contribution in [2.45, 2.75) is 56.9 Å². The standard InChI is InChI=1S/C13H26N2S/c1-3-15-8-6-12(7-9-15)14-13-5-4-10-16-11(13)2/h11-14H,3-10H2,1-2H3. The average Bonchev–Trinajstić information content (AvgIpc) is 2.33. The number of hydrogen-bond donors (Lipinski definition) is 1. The molecule has 2 nitrogen and oxygen atoms in total. The molecule has 3 heteroatoms. The molecule has 0 aliphatic carbocycles. The number of rotatable bonds is 3. The fraction of sp³-hybridized carbons (Fsp3) is 1.00. The molecule has 0 spiro atoms. The predicted octanol–water partition coefficient (Wildman–Crippen LogP) is 2.34. The first kappa shape index (κ1) is 12.7. The minimum atomic E-state index is 0.775. The highest BCUT2D eigenvalue weighted by Gasteiger charge is 2.26. The van der Waals surface area contributed by atoms with E-state index in [9.17, 15) is 0 Å². The molecular weight excluding hydrogens is 216 g/mol. The molecule has 2 unspecified atom stereocenters. The molecule has 2 atom stereocenters. The highest BCUT2D eigenvalue weighted by atomic mass is 32.2. The van der Waals surface area contributed by atoms with Gasteiger partial charge < -0.3 is 10.2 Å². The first-order chi connectivity index (χ1) is 7.79. The summed E-state index contributed by atoms with van der Waals surface area (Å²) >= 11 is 2.15. The highest BCUT2D eigenvalue weighted by molar-refractivity contribution is 7.99. The third-order valence-electron chi connectivity index (χ3n) is 4.09. The van der Waals surface area contributed by atoms with E-state index < -0.39 is 0 Å². The van der Waals surface area contributed by atoms with E-state index in [1.165, 1.54) is 51.1 Å². The van der Waals surface area contributed by atoms with Crippen LogP contribution in [0.2, 0.25) is 0 Å². The Bertz CT molecular complexity index is 202. The summed E-state index contributed by atoms with van der Waals surface area (Å²) in [5.74, 6) is 1.37. The summed E-state index contributed by atoms with van der Waals surface area (Å²) in [6.45, 7) is 8.48. The van der Waals surface area contributed by atoms with Crippen LogP contribution in [0.4, 0.5) is 0 Å². The second kappa shape index (κ2) is 6.27. The third kappa shape index (κ3) is 3.38. The lowest BCUT2D eigenvalue weighted by Gasteiger charge is -2.37. The molecule has 2 aliphatic heterocycles. The summed E-state index contributed by atoms with van der Waals surface area (Å²) in [6, 6.07) is 1.56. The maximum absolute atomic E-state index is 3.90. The summed E-state index contributed by atoms with van der Waals surface area (Å²) in [7, 11) is 0. The molecule has 0 bridgehead atoms. The van der Waals surface area contributed by atoms with Crippen LogP contribution in [-0.2, 0) is 0 Å². The minimum Gasteiger partial charge on any atom is -0.310 e. The van der Waals surface area contributed by atoms with Crippen LogP contribution in [0.1, 0.15) is 39.5 Å². The Morgan fingerprint density at radius 1 is 1.25 bits per heavy atom. The topological polar surface area (TPSA) is 15.3 Å². The molecule has 0 aromatic carbocycles. The Morgan fingerprint density at radius 3 is 2.62 bits per heavy atom. The van der Waals surface area contributed by atoms with Crippen LogP contribution in [-0.4, -0.2) is 47.6 Å². The lowest BCUT2D eigenvalue weighted by molar-refractivity contribution is 0.196. The molecule has 2 aliphatic rings. The molecule has 0 radical (unpaired) electrons. The molecule has 2 rings (SSSR count). The van der Waals surface area contributed by atoms with E-state index in [1.807, 2.05) is 0 Å². The lowest BCUT2D eigenvalue weighted by Crippen LogP contribution is -2.49. The summed E-state index contributed by atoms with van der Waals surface area (Å²) < 4.78 is 0. The van der Waals surface area contributed by atoms with Crippen LogP contribution in [0, 0.1) is 0 Å². The van der Waals surface area contributed by atoms with E-state index in [2.05, 4.69) is 35.8 Å². The maximum Gasteiger partial charge on any atom is 0.0186 e. The van der Waals surface area contributed by atoms with Crippen LogP contribution >= 0.6 is 11.8 Å². The van der Waals surface area contributed by atoms with Gasteiger partial charge in [0.2, 0.25) is 0 Å². The van der Waals surface area contributed by atoms with Crippen molar-refractivity contribution < 1.29 is 0 Å². The number of nitrogens with one attached hydrogen (secondary N) is 1. The van der Waals surface area contributed by atoms with Gasteiger partial charge in [-0.3, -0.25) is 0 Å². The summed E-state index contributed by atoms with van der Waals surface area (Å²) in [6.07, 6.45) is 5.49. The van der Waals surface area contributed by atoms with Crippen LogP contribution in [0.15, 0.2) is 0 Å². The number of likely N-dealkylation sites (tertiary alicyclic amines) is 1. The number of hydrogen-bond acceptors (Lipinski definition) is 3. The highest BCUT2D eigenvalue weighted by Crippen LogP contribution is 2.26. The molecule has 94 valence electrons. The quantitative estimate of drug-likeness (QED) is 0.818. The monoisotopic (exact) mass is 242 g/mol. The molecule has 0 aromatic heterocycles. The largest absolute Gasteiger partial charge is 0.310 e.